The van der Waals surface area contributed by atoms with E-state index in [9.17, 15) is 22.9 Å². The van der Waals surface area contributed by atoms with Crippen LogP contribution in [0.4, 0.5) is 15.8 Å². The predicted octanol–water partition coefficient (Wildman–Crippen LogP) is 3.09. The SMILES string of the molecule is Cl.Nc1ccc2c(c1)CCCC2NS(=O)(=O)c1cccc(F)c1[N+](=O)[O-]. The maximum absolute atomic E-state index is 13.7. The monoisotopic (exact) mass is 401 g/mol. The topological polar surface area (TPSA) is 115 Å². The molecule has 1 aliphatic rings. The number of benzene rings is 2. The second-order valence-electron chi connectivity index (χ2n) is 5.87. The summed E-state index contributed by atoms with van der Waals surface area (Å²) in [7, 11) is -4.27. The van der Waals surface area contributed by atoms with Gasteiger partial charge in [0.25, 0.3) is 0 Å². The lowest BCUT2D eigenvalue weighted by atomic mass is 9.88. The number of anilines is 1. The molecule has 0 fully saturated rings. The van der Waals surface area contributed by atoms with Crippen molar-refractivity contribution in [1.29, 1.82) is 0 Å². The van der Waals surface area contributed by atoms with Crippen molar-refractivity contribution in [2.75, 3.05) is 5.73 Å². The minimum absolute atomic E-state index is 0. The Hall–Kier alpha value is -2.23. The molecule has 7 nitrogen and oxygen atoms in total. The standard InChI is InChI=1S/C16H16FN3O4S.ClH/c17-13-4-2-6-15(16(13)20(21)22)25(23,24)19-14-5-1-3-10-9-11(18)7-8-12(10)14;/h2,4,6-9,14,19H,1,3,5,18H2;1H. The van der Waals surface area contributed by atoms with Crippen LogP contribution in [0.15, 0.2) is 41.3 Å². The fourth-order valence-electron chi connectivity index (χ4n) is 3.10. The maximum atomic E-state index is 13.7. The molecule has 0 radical (unpaired) electrons. The van der Waals surface area contributed by atoms with E-state index in [1.807, 2.05) is 0 Å². The van der Waals surface area contributed by atoms with E-state index in [4.69, 9.17) is 5.73 Å². The number of hydrogen-bond acceptors (Lipinski definition) is 5. The van der Waals surface area contributed by atoms with E-state index in [2.05, 4.69) is 4.72 Å². The van der Waals surface area contributed by atoms with E-state index in [-0.39, 0.29) is 12.4 Å². The van der Waals surface area contributed by atoms with Crippen molar-refractivity contribution in [1.82, 2.24) is 4.72 Å². The lowest BCUT2D eigenvalue weighted by Crippen LogP contribution is -2.31. The molecule has 1 aliphatic carbocycles. The highest BCUT2D eigenvalue weighted by atomic mass is 35.5. The smallest absolute Gasteiger partial charge is 0.324 e. The van der Waals surface area contributed by atoms with Crippen molar-refractivity contribution >= 4 is 33.8 Å². The van der Waals surface area contributed by atoms with Crippen molar-refractivity contribution in [2.24, 2.45) is 0 Å². The molecular formula is C16H17ClFN3O4S. The largest absolute Gasteiger partial charge is 0.399 e. The van der Waals surface area contributed by atoms with Crippen molar-refractivity contribution in [3.8, 4) is 0 Å². The van der Waals surface area contributed by atoms with E-state index in [0.29, 0.717) is 12.1 Å². The third-order valence-corrected chi connectivity index (χ3v) is 5.70. The van der Waals surface area contributed by atoms with Gasteiger partial charge in [0, 0.05) is 11.7 Å². The molecule has 0 spiro atoms. The van der Waals surface area contributed by atoms with Crippen molar-refractivity contribution in [3.05, 3.63) is 63.5 Å². The molecule has 0 aliphatic heterocycles. The van der Waals surface area contributed by atoms with Crippen LogP contribution in [0.25, 0.3) is 0 Å². The number of halogens is 2. The third kappa shape index (κ3) is 3.79. The Morgan fingerprint density at radius 1 is 1.27 bits per heavy atom. The van der Waals surface area contributed by atoms with Gasteiger partial charge in [0.2, 0.25) is 15.8 Å². The van der Waals surface area contributed by atoms with E-state index in [1.165, 1.54) is 0 Å². The number of nitrogen functional groups attached to an aromatic ring is 1. The van der Waals surface area contributed by atoms with Gasteiger partial charge in [-0.05, 0) is 54.7 Å². The molecule has 2 aromatic carbocycles. The number of hydrogen-bond donors (Lipinski definition) is 2. The summed E-state index contributed by atoms with van der Waals surface area (Å²) in [6.07, 6.45) is 2.06. The number of aryl methyl sites for hydroxylation is 1. The van der Waals surface area contributed by atoms with Crippen LogP contribution in [0.2, 0.25) is 0 Å². The number of nitrogens with one attached hydrogen (secondary N) is 1. The molecule has 0 heterocycles. The van der Waals surface area contributed by atoms with Crippen molar-refractivity contribution < 1.29 is 17.7 Å². The van der Waals surface area contributed by atoms with Gasteiger partial charge in [-0.2, -0.15) is 4.39 Å². The number of nitro groups is 1. The van der Waals surface area contributed by atoms with Crippen LogP contribution < -0.4 is 10.5 Å². The first-order valence-corrected chi connectivity index (χ1v) is 9.11. The van der Waals surface area contributed by atoms with E-state index in [1.54, 1.807) is 18.2 Å². The number of nitrogens with two attached hydrogens (primary N) is 1. The van der Waals surface area contributed by atoms with Gasteiger partial charge in [-0.3, -0.25) is 10.1 Å². The molecule has 10 heteroatoms. The molecule has 2 aromatic rings. The number of nitro benzene ring substituents is 1. The van der Waals surface area contributed by atoms with E-state index >= 15 is 0 Å². The van der Waals surface area contributed by atoms with Crippen molar-refractivity contribution in [2.45, 2.75) is 30.2 Å². The second-order valence-corrected chi connectivity index (χ2v) is 7.55. The van der Waals surface area contributed by atoms with Crippen LogP contribution in [0, 0.1) is 15.9 Å². The van der Waals surface area contributed by atoms with Gasteiger partial charge in [-0.25, -0.2) is 13.1 Å². The van der Waals surface area contributed by atoms with E-state index < -0.39 is 37.4 Å². The number of nitrogens with zero attached hydrogens (tertiary/aromatic N) is 1. The average Bonchev–Trinajstić information content (AvgIpc) is 2.54. The lowest BCUT2D eigenvalue weighted by Gasteiger charge is -2.26. The van der Waals surface area contributed by atoms with Crippen molar-refractivity contribution in [3.63, 3.8) is 0 Å². The molecule has 1 unspecified atom stereocenters. The highest BCUT2D eigenvalue weighted by Gasteiger charge is 2.32. The fourth-order valence-corrected chi connectivity index (χ4v) is 4.53. The Labute approximate surface area is 156 Å². The Balaban J connectivity index is 0.00000243. The van der Waals surface area contributed by atoms with E-state index in [0.717, 1.165) is 42.2 Å². The van der Waals surface area contributed by atoms with Gasteiger partial charge in [0.05, 0.1) is 4.92 Å². The first-order valence-electron chi connectivity index (χ1n) is 7.63. The Morgan fingerprint density at radius 3 is 2.69 bits per heavy atom. The van der Waals surface area contributed by atoms with Gasteiger partial charge in [0.1, 0.15) is 0 Å². The predicted molar refractivity (Wildman–Crippen MR) is 97.2 cm³/mol. The summed E-state index contributed by atoms with van der Waals surface area (Å²) in [5.41, 5.74) is 7.01. The first-order chi connectivity index (χ1) is 11.8. The van der Waals surface area contributed by atoms with Gasteiger partial charge in [0.15, 0.2) is 4.90 Å². The minimum atomic E-state index is -4.27. The number of fused-ring (bicyclic) bond motifs is 1. The van der Waals surface area contributed by atoms with Crippen LogP contribution in [-0.4, -0.2) is 13.3 Å². The Bertz CT molecular complexity index is 953. The third-order valence-electron chi connectivity index (χ3n) is 4.20. The maximum Gasteiger partial charge on any atom is 0.324 e. The summed E-state index contributed by atoms with van der Waals surface area (Å²) in [5, 5.41) is 11.1. The second kappa shape index (κ2) is 7.56. The number of rotatable bonds is 4. The summed E-state index contributed by atoms with van der Waals surface area (Å²) in [5.74, 6) is -1.19. The Morgan fingerprint density at radius 2 is 2.00 bits per heavy atom. The molecule has 1 atom stereocenters. The minimum Gasteiger partial charge on any atom is -0.399 e. The zero-order valence-corrected chi connectivity index (χ0v) is 15.1. The summed E-state index contributed by atoms with van der Waals surface area (Å²) < 4.78 is 41.5. The molecule has 0 amide bonds. The van der Waals surface area contributed by atoms with Crippen LogP contribution in [0.3, 0.4) is 0 Å². The van der Waals surface area contributed by atoms with Gasteiger partial charge in [-0.15, -0.1) is 12.4 Å². The molecule has 3 N–H and O–H groups in total. The average molecular weight is 402 g/mol. The summed E-state index contributed by atoms with van der Waals surface area (Å²) >= 11 is 0. The van der Waals surface area contributed by atoms with Gasteiger partial charge in [-0.1, -0.05) is 12.1 Å². The van der Waals surface area contributed by atoms with Gasteiger partial charge < -0.3 is 5.73 Å². The van der Waals surface area contributed by atoms with Gasteiger partial charge >= 0.3 is 5.69 Å². The summed E-state index contributed by atoms with van der Waals surface area (Å²) in [4.78, 5) is 9.37. The zero-order chi connectivity index (χ0) is 18.2. The summed E-state index contributed by atoms with van der Waals surface area (Å²) in [6.45, 7) is 0. The highest BCUT2D eigenvalue weighted by molar-refractivity contribution is 7.89. The number of sulfonamides is 1. The molecule has 140 valence electrons. The quantitative estimate of drug-likeness (QED) is 0.464. The van der Waals surface area contributed by atoms with Crippen LogP contribution in [-0.2, 0) is 16.4 Å². The highest BCUT2D eigenvalue weighted by Crippen LogP contribution is 2.34. The fraction of sp³-hybridized carbons (Fsp3) is 0.250. The Kier molecular flexibility index (Phi) is 5.84. The van der Waals surface area contributed by atoms with Crippen LogP contribution >= 0.6 is 12.4 Å². The zero-order valence-electron chi connectivity index (χ0n) is 13.5. The molecule has 26 heavy (non-hydrogen) atoms. The van der Waals surface area contributed by atoms with Crippen LogP contribution in [0.1, 0.15) is 30.0 Å². The molecule has 3 rings (SSSR count). The normalized spacial score (nSPS) is 16.4. The molecule has 0 saturated carbocycles. The first kappa shape index (κ1) is 20.1. The summed E-state index contributed by atoms with van der Waals surface area (Å²) in [6, 6.07) is 7.68. The molecule has 0 saturated heterocycles. The number of para-hydroxylation sites is 1. The molecule has 0 aromatic heterocycles. The van der Waals surface area contributed by atoms with Crippen LogP contribution in [0.5, 0.6) is 0 Å². The molecular weight excluding hydrogens is 385 g/mol. The lowest BCUT2D eigenvalue weighted by molar-refractivity contribution is -0.390. The molecule has 0 bridgehead atoms.